The maximum absolute atomic E-state index is 9.35. The molecule has 0 aliphatic carbocycles. The normalized spacial score (nSPS) is 21.6. The first kappa shape index (κ1) is 9.36. The van der Waals surface area contributed by atoms with Crippen molar-refractivity contribution in [3.05, 3.63) is 18.1 Å². The number of nitrogens with zero attached hydrogens (tertiary/aromatic N) is 3. The molecule has 5 nitrogen and oxygen atoms in total. The van der Waals surface area contributed by atoms with Crippen LogP contribution in [0.4, 0.5) is 5.82 Å². The van der Waals surface area contributed by atoms with Crippen LogP contribution in [0.25, 0.3) is 0 Å². The van der Waals surface area contributed by atoms with E-state index in [1.54, 1.807) is 12.4 Å². The molecule has 1 unspecified atom stereocenters. The summed E-state index contributed by atoms with van der Waals surface area (Å²) in [6, 6.07) is 0. The molecular weight excluding hydrogens is 180 g/mol. The van der Waals surface area contributed by atoms with Gasteiger partial charge in [-0.1, -0.05) is 0 Å². The van der Waals surface area contributed by atoms with Crippen molar-refractivity contribution in [2.24, 2.45) is 5.73 Å². The molecule has 1 aliphatic heterocycles. The second-order valence-electron chi connectivity index (χ2n) is 3.46. The lowest BCUT2D eigenvalue weighted by atomic mass is 10.3. The first-order valence-corrected chi connectivity index (χ1v) is 4.73. The number of anilines is 1. The van der Waals surface area contributed by atoms with Crippen molar-refractivity contribution in [3.63, 3.8) is 0 Å². The fraction of sp³-hybridized carbons (Fsp3) is 0.556. The molecule has 0 amide bonds. The van der Waals surface area contributed by atoms with Crippen molar-refractivity contribution in [2.75, 3.05) is 18.0 Å². The largest absolute Gasteiger partial charge is 0.391 e. The monoisotopic (exact) mass is 194 g/mol. The van der Waals surface area contributed by atoms with Crippen LogP contribution in [0.15, 0.2) is 12.4 Å². The molecule has 2 rings (SSSR count). The van der Waals surface area contributed by atoms with Crippen molar-refractivity contribution in [2.45, 2.75) is 19.1 Å². The highest BCUT2D eigenvalue weighted by Gasteiger charge is 2.21. The fourth-order valence-corrected chi connectivity index (χ4v) is 1.57. The van der Waals surface area contributed by atoms with Crippen LogP contribution in [-0.4, -0.2) is 34.3 Å². The molecule has 2 heterocycles. The van der Waals surface area contributed by atoms with Crippen LogP contribution in [0.2, 0.25) is 0 Å². The first-order valence-electron chi connectivity index (χ1n) is 4.73. The van der Waals surface area contributed by atoms with Crippen molar-refractivity contribution in [1.82, 2.24) is 9.97 Å². The van der Waals surface area contributed by atoms with E-state index in [9.17, 15) is 5.11 Å². The van der Waals surface area contributed by atoms with Gasteiger partial charge in [-0.2, -0.15) is 0 Å². The highest BCUT2D eigenvalue weighted by molar-refractivity contribution is 5.37. The van der Waals surface area contributed by atoms with Crippen molar-refractivity contribution in [1.29, 1.82) is 0 Å². The van der Waals surface area contributed by atoms with Gasteiger partial charge in [0.05, 0.1) is 24.2 Å². The first-order chi connectivity index (χ1) is 6.79. The molecule has 1 fully saturated rings. The van der Waals surface area contributed by atoms with Crippen molar-refractivity contribution >= 4 is 5.82 Å². The molecule has 0 radical (unpaired) electrons. The molecule has 1 atom stereocenters. The predicted octanol–water partition coefficient (Wildman–Crippen LogP) is -0.494. The highest BCUT2D eigenvalue weighted by Crippen LogP contribution is 2.16. The van der Waals surface area contributed by atoms with Crippen molar-refractivity contribution in [3.8, 4) is 0 Å². The molecule has 1 aromatic heterocycles. The van der Waals surface area contributed by atoms with E-state index in [1.165, 1.54) is 0 Å². The Bertz CT molecular complexity index is 300. The number of aromatic nitrogens is 2. The van der Waals surface area contributed by atoms with Gasteiger partial charge in [0.25, 0.3) is 0 Å². The molecule has 1 aromatic rings. The van der Waals surface area contributed by atoms with Gasteiger partial charge in [0.1, 0.15) is 5.82 Å². The van der Waals surface area contributed by atoms with Gasteiger partial charge >= 0.3 is 0 Å². The van der Waals surface area contributed by atoms with E-state index in [0.717, 1.165) is 24.5 Å². The van der Waals surface area contributed by atoms with Gasteiger partial charge in [-0.05, 0) is 6.42 Å². The van der Waals surface area contributed by atoms with E-state index in [4.69, 9.17) is 5.73 Å². The zero-order valence-corrected chi connectivity index (χ0v) is 7.93. The summed E-state index contributed by atoms with van der Waals surface area (Å²) in [5.41, 5.74) is 6.20. The Balaban J connectivity index is 2.09. The maximum atomic E-state index is 9.35. The van der Waals surface area contributed by atoms with Gasteiger partial charge in [-0.15, -0.1) is 0 Å². The van der Waals surface area contributed by atoms with Gasteiger partial charge in [0, 0.05) is 19.6 Å². The Labute approximate surface area is 82.6 Å². The zero-order valence-electron chi connectivity index (χ0n) is 7.93. The lowest BCUT2D eigenvalue weighted by molar-refractivity contribution is 0.198. The standard InChI is InChI=1S/C9H14N4O/c10-3-7-4-12-9(5-11-7)13-2-1-8(14)6-13/h4-5,8,14H,1-3,6,10H2. The highest BCUT2D eigenvalue weighted by atomic mass is 16.3. The predicted molar refractivity (Wildman–Crippen MR) is 52.8 cm³/mol. The number of hydrogen-bond donors (Lipinski definition) is 2. The average molecular weight is 194 g/mol. The molecule has 0 saturated carbocycles. The Morgan fingerprint density at radius 1 is 1.50 bits per heavy atom. The summed E-state index contributed by atoms with van der Waals surface area (Å²) >= 11 is 0. The van der Waals surface area contributed by atoms with Crippen molar-refractivity contribution < 1.29 is 5.11 Å². The van der Waals surface area contributed by atoms with Crippen LogP contribution < -0.4 is 10.6 Å². The number of aliphatic hydroxyl groups is 1. The molecule has 5 heteroatoms. The van der Waals surface area contributed by atoms with E-state index in [-0.39, 0.29) is 6.10 Å². The smallest absolute Gasteiger partial charge is 0.147 e. The number of rotatable bonds is 2. The summed E-state index contributed by atoms with van der Waals surface area (Å²) in [5.74, 6) is 0.818. The lowest BCUT2D eigenvalue weighted by Gasteiger charge is -2.15. The molecule has 0 spiro atoms. The molecule has 1 saturated heterocycles. The summed E-state index contributed by atoms with van der Waals surface area (Å²) in [5, 5.41) is 9.35. The van der Waals surface area contributed by atoms with Gasteiger partial charge in [0.15, 0.2) is 0 Å². The molecule has 3 N–H and O–H groups in total. The second-order valence-corrected chi connectivity index (χ2v) is 3.46. The van der Waals surface area contributed by atoms with E-state index in [0.29, 0.717) is 13.1 Å². The molecule has 76 valence electrons. The van der Waals surface area contributed by atoms with E-state index in [1.807, 2.05) is 4.90 Å². The number of β-amino-alcohol motifs (C(OH)–C–C–N with tert-alkyl or cyclic N) is 1. The summed E-state index contributed by atoms with van der Waals surface area (Å²) in [6.07, 6.45) is 3.96. The molecule has 0 aromatic carbocycles. The minimum atomic E-state index is -0.231. The third-order valence-corrected chi connectivity index (χ3v) is 2.39. The maximum Gasteiger partial charge on any atom is 0.147 e. The molecular formula is C9H14N4O. The van der Waals surface area contributed by atoms with Gasteiger partial charge in [-0.25, -0.2) is 4.98 Å². The quantitative estimate of drug-likeness (QED) is 0.664. The zero-order chi connectivity index (χ0) is 9.97. The van der Waals surface area contributed by atoms with Gasteiger partial charge in [-0.3, -0.25) is 4.98 Å². The van der Waals surface area contributed by atoms with Crippen LogP contribution in [0.1, 0.15) is 12.1 Å². The Morgan fingerprint density at radius 3 is 2.86 bits per heavy atom. The van der Waals surface area contributed by atoms with Crippen LogP contribution in [0, 0.1) is 0 Å². The minimum absolute atomic E-state index is 0.231. The lowest BCUT2D eigenvalue weighted by Crippen LogP contribution is -2.22. The fourth-order valence-electron chi connectivity index (χ4n) is 1.57. The van der Waals surface area contributed by atoms with Gasteiger partial charge in [0.2, 0.25) is 0 Å². The van der Waals surface area contributed by atoms with E-state index < -0.39 is 0 Å². The Morgan fingerprint density at radius 2 is 2.36 bits per heavy atom. The minimum Gasteiger partial charge on any atom is -0.391 e. The van der Waals surface area contributed by atoms with Crippen LogP contribution in [0.3, 0.4) is 0 Å². The van der Waals surface area contributed by atoms with Crippen LogP contribution in [0.5, 0.6) is 0 Å². The number of aliphatic hydroxyl groups excluding tert-OH is 1. The summed E-state index contributed by atoms with van der Waals surface area (Å²) in [6.45, 7) is 1.91. The third-order valence-electron chi connectivity index (χ3n) is 2.39. The number of nitrogens with two attached hydrogens (primary N) is 1. The molecule has 14 heavy (non-hydrogen) atoms. The summed E-state index contributed by atoms with van der Waals surface area (Å²) < 4.78 is 0. The Kier molecular flexibility index (Phi) is 2.60. The van der Waals surface area contributed by atoms with Crippen LogP contribution >= 0.6 is 0 Å². The summed E-state index contributed by atoms with van der Waals surface area (Å²) in [4.78, 5) is 10.4. The van der Waals surface area contributed by atoms with E-state index >= 15 is 0 Å². The SMILES string of the molecule is NCc1cnc(N2CCC(O)C2)cn1. The van der Waals surface area contributed by atoms with Crippen LogP contribution in [-0.2, 0) is 6.54 Å². The number of hydrogen-bond acceptors (Lipinski definition) is 5. The topological polar surface area (TPSA) is 75.3 Å². The summed E-state index contributed by atoms with van der Waals surface area (Å²) in [7, 11) is 0. The molecule has 1 aliphatic rings. The average Bonchev–Trinajstić information content (AvgIpc) is 2.65. The molecule has 0 bridgehead atoms. The van der Waals surface area contributed by atoms with E-state index in [2.05, 4.69) is 9.97 Å². The Hall–Kier alpha value is -1.20. The van der Waals surface area contributed by atoms with Gasteiger partial charge < -0.3 is 15.7 Å². The third kappa shape index (κ3) is 1.83. The second kappa shape index (κ2) is 3.89.